The maximum absolute atomic E-state index is 10.5. The Morgan fingerprint density at radius 3 is 2.95 bits per heavy atom. The summed E-state index contributed by atoms with van der Waals surface area (Å²) in [5.41, 5.74) is 2.61. The van der Waals surface area contributed by atoms with Gasteiger partial charge in [0.15, 0.2) is 0 Å². The Hall–Kier alpha value is -0.950. The van der Waals surface area contributed by atoms with E-state index in [-0.39, 0.29) is 6.61 Å². The maximum Gasteiger partial charge on any atom is 0.0926 e. The van der Waals surface area contributed by atoms with Crippen molar-refractivity contribution in [2.24, 2.45) is 0 Å². The van der Waals surface area contributed by atoms with E-state index in [1.165, 1.54) is 5.69 Å². The van der Waals surface area contributed by atoms with Gasteiger partial charge in [-0.05, 0) is 19.9 Å². The molecule has 112 valence electrons. The third kappa shape index (κ3) is 2.48. The van der Waals surface area contributed by atoms with E-state index in [1.807, 2.05) is 4.68 Å². The summed E-state index contributed by atoms with van der Waals surface area (Å²) >= 11 is 0. The highest BCUT2D eigenvalue weighted by Crippen LogP contribution is 2.25. The Morgan fingerprint density at radius 1 is 1.45 bits per heavy atom. The summed E-state index contributed by atoms with van der Waals surface area (Å²) < 4.78 is 2.00. The average molecular weight is 280 g/mol. The molecule has 0 aliphatic carbocycles. The Bertz CT molecular complexity index is 480. The normalized spacial score (nSPS) is 26.9. The van der Waals surface area contributed by atoms with Gasteiger partial charge in [-0.2, -0.15) is 5.10 Å². The molecule has 3 heterocycles. The molecule has 3 rings (SSSR count). The van der Waals surface area contributed by atoms with E-state index in [2.05, 4.69) is 22.2 Å². The summed E-state index contributed by atoms with van der Waals surface area (Å²) in [4.78, 5) is 2.29. The highest BCUT2D eigenvalue weighted by Gasteiger charge is 2.35. The molecule has 6 heteroatoms. The van der Waals surface area contributed by atoms with Crippen molar-refractivity contribution >= 4 is 0 Å². The van der Waals surface area contributed by atoms with Crippen LogP contribution in [-0.2, 0) is 26.1 Å². The van der Waals surface area contributed by atoms with Gasteiger partial charge in [0.2, 0.25) is 0 Å². The van der Waals surface area contributed by atoms with Gasteiger partial charge in [0.25, 0.3) is 0 Å². The molecule has 1 atom stereocenters. The predicted molar refractivity (Wildman–Crippen MR) is 75.2 cm³/mol. The fourth-order valence-corrected chi connectivity index (χ4v) is 3.42. The molecule has 3 N–H and O–H groups in total. The van der Waals surface area contributed by atoms with Gasteiger partial charge >= 0.3 is 0 Å². The van der Waals surface area contributed by atoms with Crippen LogP contribution in [0.4, 0.5) is 0 Å². The summed E-state index contributed by atoms with van der Waals surface area (Å²) in [5.74, 6) is 0. The van der Waals surface area contributed by atoms with E-state index in [9.17, 15) is 10.2 Å². The summed E-state index contributed by atoms with van der Waals surface area (Å²) in [5, 5.41) is 27.7. The van der Waals surface area contributed by atoms with Crippen LogP contribution in [0.1, 0.15) is 30.3 Å². The standard InChI is InChI=1S/C14H24N4O2/c1-2-18-13-3-6-17(7-11(13)12(8-19)16-18)10-14(20)4-5-15-9-14/h15,19-20H,2-10H2,1H3/t14-/m0/s1. The van der Waals surface area contributed by atoms with Crippen molar-refractivity contribution in [3.05, 3.63) is 17.0 Å². The first-order valence-electron chi connectivity index (χ1n) is 7.49. The molecule has 0 saturated carbocycles. The van der Waals surface area contributed by atoms with E-state index in [0.717, 1.165) is 50.3 Å². The van der Waals surface area contributed by atoms with Crippen LogP contribution in [-0.4, -0.2) is 56.7 Å². The van der Waals surface area contributed by atoms with E-state index in [4.69, 9.17) is 0 Å². The first-order chi connectivity index (χ1) is 9.65. The van der Waals surface area contributed by atoms with Crippen LogP contribution in [0.3, 0.4) is 0 Å². The molecule has 0 radical (unpaired) electrons. The molecular weight excluding hydrogens is 256 g/mol. The molecule has 0 spiro atoms. The van der Waals surface area contributed by atoms with Crippen molar-refractivity contribution in [2.75, 3.05) is 26.2 Å². The molecule has 1 saturated heterocycles. The van der Waals surface area contributed by atoms with Crippen LogP contribution in [0.5, 0.6) is 0 Å². The summed E-state index contributed by atoms with van der Waals surface area (Å²) in [7, 11) is 0. The number of hydrogen-bond donors (Lipinski definition) is 3. The van der Waals surface area contributed by atoms with Crippen LogP contribution >= 0.6 is 0 Å². The molecule has 2 aliphatic rings. The van der Waals surface area contributed by atoms with E-state index in [0.29, 0.717) is 13.1 Å². The van der Waals surface area contributed by atoms with Gasteiger partial charge in [0, 0.05) is 50.4 Å². The SMILES string of the molecule is CCn1nc(CO)c2c1CCN(C[C@]1(O)CCNC1)C2. The van der Waals surface area contributed by atoms with E-state index < -0.39 is 5.60 Å². The van der Waals surface area contributed by atoms with Crippen LogP contribution in [0.2, 0.25) is 0 Å². The van der Waals surface area contributed by atoms with E-state index in [1.54, 1.807) is 0 Å². The minimum Gasteiger partial charge on any atom is -0.390 e. The van der Waals surface area contributed by atoms with Crippen LogP contribution < -0.4 is 5.32 Å². The molecule has 0 unspecified atom stereocenters. The van der Waals surface area contributed by atoms with Crippen LogP contribution in [0, 0.1) is 0 Å². The Kier molecular flexibility index (Phi) is 3.81. The maximum atomic E-state index is 10.5. The number of fused-ring (bicyclic) bond motifs is 1. The summed E-state index contributed by atoms with van der Waals surface area (Å²) in [6.45, 7) is 6.92. The first-order valence-corrected chi connectivity index (χ1v) is 7.49. The molecule has 1 fully saturated rings. The van der Waals surface area contributed by atoms with Crippen LogP contribution in [0.15, 0.2) is 0 Å². The van der Waals surface area contributed by atoms with Crippen molar-refractivity contribution in [1.29, 1.82) is 0 Å². The largest absolute Gasteiger partial charge is 0.390 e. The van der Waals surface area contributed by atoms with Gasteiger partial charge in [-0.15, -0.1) is 0 Å². The van der Waals surface area contributed by atoms with Gasteiger partial charge in [-0.3, -0.25) is 9.58 Å². The Balaban J connectivity index is 1.76. The zero-order valence-corrected chi connectivity index (χ0v) is 12.1. The second-order valence-electron chi connectivity index (χ2n) is 5.96. The van der Waals surface area contributed by atoms with Gasteiger partial charge in [-0.1, -0.05) is 0 Å². The molecule has 2 aliphatic heterocycles. The number of aryl methyl sites for hydroxylation is 1. The second-order valence-corrected chi connectivity index (χ2v) is 5.96. The number of rotatable bonds is 4. The molecule has 1 aromatic rings. The van der Waals surface area contributed by atoms with Crippen molar-refractivity contribution in [3.8, 4) is 0 Å². The van der Waals surface area contributed by atoms with Gasteiger partial charge < -0.3 is 15.5 Å². The van der Waals surface area contributed by atoms with Gasteiger partial charge in [0.05, 0.1) is 17.9 Å². The Labute approximate surface area is 119 Å². The lowest BCUT2D eigenvalue weighted by molar-refractivity contribution is 0.0164. The molecule has 20 heavy (non-hydrogen) atoms. The van der Waals surface area contributed by atoms with Crippen molar-refractivity contribution in [1.82, 2.24) is 20.0 Å². The molecule has 0 amide bonds. The first kappa shape index (κ1) is 14.0. The number of nitrogens with one attached hydrogen (secondary N) is 1. The molecule has 0 aromatic carbocycles. The third-order valence-electron chi connectivity index (χ3n) is 4.48. The minimum atomic E-state index is -0.600. The monoisotopic (exact) mass is 280 g/mol. The second kappa shape index (κ2) is 5.44. The van der Waals surface area contributed by atoms with Gasteiger partial charge in [0.1, 0.15) is 0 Å². The summed E-state index contributed by atoms with van der Waals surface area (Å²) in [6, 6.07) is 0. The third-order valence-corrected chi connectivity index (χ3v) is 4.48. The van der Waals surface area contributed by atoms with Crippen molar-refractivity contribution in [2.45, 2.75) is 45.1 Å². The van der Waals surface area contributed by atoms with Crippen molar-refractivity contribution in [3.63, 3.8) is 0 Å². The number of aromatic nitrogens is 2. The number of aliphatic hydroxyl groups is 2. The zero-order valence-electron chi connectivity index (χ0n) is 12.1. The Morgan fingerprint density at radius 2 is 2.30 bits per heavy atom. The van der Waals surface area contributed by atoms with Crippen molar-refractivity contribution < 1.29 is 10.2 Å². The highest BCUT2D eigenvalue weighted by atomic mass is 16.3. The molecule has 0 bridgehead atoms. The molecular formula is C14H24N4O2. The number of hydrogen-bond acceptors (Lipinski definition) is 5. The lowest BCUT2D eigenvalue weighted by Crippen LogP contribution is -2.46. The fraction of sp³-hybridized carbons (Fsp3) is 0.786. The molecule has 1 aromatic heterocycles. The smallest absolute Gasteiger partial charge is 0.0926 e. The lowest BCUT2D eigenvalue weighted by Gasteiger charge is -2.33. The summed E-state index contributed by atoms with van der Waals surface area (Å²) in [6.07, 6.45) is 1.76. The number of nitrogens with zero attached hydrogens (tertiary/aromatic N) is 3. The fourth-order valence-electron chi connectivity index (χ4n) is 3.42. The van der Waals surface area contributed by atoms with Crippen LogP contribution in [0.25, 0.3) is 0 Å². The topological polar surface area (TPSA) is 73.5 Å². The number of aliphatic hydroxyl groups excluding tert-OH is 1. The molecule has 6 nitrogen and oxygen atoms in total. The highest BCUT2D eigenvalue weighted by molar-refractivity contribution is 5.28. The lowest BCUT2D eigenvalue weighted by atomic mass is 9.99. The average Bonchev–Trinajstić information content (AvgIpc) is 3.02. The minimum absolute atomic E-state index is 0.00496. The number of β-amino-alcohol motifs (C(OH)–C–C–N with tert-alkyl or cyclic N) is 1. The predicted octanol–water partition coefficient (Wildman–Crippen LogP) is -0.522. The van der Waals surface area contributed by atoms with E-state index >= 15 is 0 Å². The quantitative estimate of drug-likeness (QED) is 0.692. The zero-order chi connectivity index (χ0) is 14.2. The van der Waals surface area contributed by atoms with Gasteiger partial charge in [-0.25, -0.2) is 0 Å².